The van der Waals surface area contributed by atoms with Crippen LogP contribution in [0.2, 0.25) is 0 Å². The van der Waals surface area contributed by atoms with Crippen molar-refractivity contribution in [3.8, 4) is 0 Å². The summed E-state index contributed by atoms with van der Waals surface area (Å²) in [5.41, 5.74) is 2.64. The topological polar surface area (TPSA) is 26.8 Å². The van der Waals surface area contributed by atoms with Crippen molar-refractivity contribution < 1.29 is 4.79 Å². The third-order valence-electron chi connectivity index (χ3n) is 6.03. The first-order valence-corrected chi connectivity index (χ1v) is 10.1. The van der Waals surface area contributed by atoms with Crippen LogP contribution in [0.3, 0.4) is 0 Å². The minimum absolute atomic E-state index is 0.0931. The third kappa shape index (κ3) is 3.92. The smallest absolute Gasteiger partial charge is 0.240 e. The lowest BCUT2D eigenvalue weighted by Gasteiger charge is -2.41. The van der Waals surface area contributed by atoms with Crippen molar-refractivity contribution in [2.24, 2.45) is 0 Å². The maximum absolute atomic E-state index is 12.9. The van der Waals surface area contributed by atoms with E-state index in [-0.39, 0.29) is 12.1 Å². The van der Waals surface area contributed by atoms with Crippen molar-refractivity contribution in [3.63, 3.8) is 0 Å². The molecule has 2 saturated heterocycles. The van der Waals surface area contributed by atoms with E-state index in [1.807, 2.05) is 0 Å². The number of amides is 1. The van der Waals surface area contributed by atoms with Crippen molar-refractivity contribution in [1.29, 1.82) is 0 Å². The summed E-state index contributed by atoms with van der Waals surface area (Å²) < 4.78 is 0. The molecule has 2 aromatic rings. The maximum Gasteiger partial charge on any atom is 0.240 e. The molecule has 2 aliphatic rings. The molecule has 0 radical (unpaired) electrons. The van der Waals surface area contributed by atoms with Gasteiger partial charge in [0.1, 0.15) is 0 Å². The largest absolute Gasteiger partial charge is 0.339 e. The molecule has 1 amide bonds. The number of nitrogens with zero attached hydrogens (tertiary/aromatic N) is 3. The van der Waals surface area contributed by atoms with Gasteiger partial charge in [0, 0.05) is 26.2 Å². The molecule has 2 aromatic carbocycles. The monoisotopic (exact) mass is 363 g/mol. The summed E-state index contributed by atoms with van der Waals surface area (Å²) in [4.78, 5) is 19.7. The highest BCUT2D eigenvalue weighted by atomic mass is 16.2. The molecule has 4 nitrogen and oxygen atoms in total. The van der Waals surface area contributed by atoms with Crippen molar-refractivity contribution in [2.45, 2.75) is 24.9 Å². The zero-order chi connectivity index (χ0) is 18.6. The van der Waals surface area contributed by atoms with E-state index < -0.39 is 0 Å². The lowest BCUT2D eigenvalue weighted by molar-refractivity contribution is -0.137. The summed E-state index contributed by atoms with van der Waals surface area (Å²) in [6, 6.07) is 21.8. The van der Waals surface area contributed by atoms with Crippen LogP contribution in [0, 0.1) is 0 Å². The van der Waals surface area contributed by atoms with Gasteiger partial charge in [-0.05, 0) is 37.6 Å². The molecule has 2 heterocycles. The van der Waals surface area contributed by atoms with E-state index in [4.69, 9.17) is 0 Å². The van der Waals surface area contributed by atoms with Crippen LogP contribution in [-0.4, -0.2) is 66.4 Å². The number of benzene rings is 2. The molecule has 0 N–H and O–H groups in total. The second kappa shape index (κ2) is 8.24. The van der Waals surface area contributed by atoms with Gasteiger partial charge in [-0.3, -0.25) is 14.6 Å². The minimum Gasteiger partial charge on any atom is -0.339 e. The van der Waals surface area contributed by atoms with E-state index in [1.165, 1.54) is 11.1 Å². The fourth-order valence-electron chi connectivity index (χ4n) is 4.52. The Morgan fingerprint density at radius 3 is 1.89 bits per heavy atom. The van der Waals surface area contributed by atoms with E-state index in [9.17, 15) is 4.79 Å². The Morgan fingerprint density at radius 1 is 0.852 bits per heavy atom. The first-order chi connectivity index (χ1) is 13.2. The molecule has 142 valence electrons. The molecule has 1 atom stereocenters. The van der Waals surface area contributed by atoms with E-state index in [0.29, 0.717) is 5.91 Å². The molecule has 4 rings (SSSR count). The van der Waals surface area contributed by atoms with Crippen LogP contribution in [0.15, 0.2) is 60.7 Å². The van der Waals surface area contributed by atoms with Crippen LogP contribution in [-0.2, 0) is 4.79 Å². The Morgan fingerprint density at radius 2 is 1.41 bits per heavy atom. The summed E-state index contributed by atoms with van der Waals surface area (Å²) >= 11 is 0. The number of hydrogen-bond donors (Lipinski definition) is 0. The third-order valence-corrected chi connectivity index (χ3v) is 6.03. The molecule has 4 heteroatoms. The second-order valence-electron chi connectivity index (χ2n) is 7.72. The number of hydrogen-bond acceptors (Lipinski definition) is 3. The molecular formula is C23H29N3O. The highest BCUT2D eigenvalue weighted by Gasteiger charge is 2.34. The van der Waals surface area contributed by atoms with Crippen LogP contribution in [0.1, 0.15) is 30.0 Å². The molecule has 2 fully saturated rings. The predicted molar refractivity (Wildman–Crippen MR) is 109 cm³/mol. The van der Waals surface area contributed by atoms with Gasteiger partial charge < -0.3 is 4.90 Å². The highest BCUT2D eigenvalue weighted by molar-refractivity contribution is 5.82. The van der Waals surface area contributed by atoms with E-state index in [1.54, 1.807) is 0 Å². The Hall–Kier alpha value is -2.17. The van der Waals surface area contributed by atoms with Crippen LogP contribution >= 0.6 is 0 Å². The van der Waals surface area contributed by atoms with Crippen molar-refractivity contribution >= 4 is 5.91 Å². The average Bonchev–Trinajstić information content (AvgIpc) is 3.16. The van der Waals surface area contributed by atoms with Crippen LogP contribution in [0.25, 0.3) is 0 Å². The first-order valence-electron chi connectivity index (χ1n) is 10.1. The Kier molecular flexibility index (Phi) is 5.55. The quantitative estimate of drug-likeness (QED) is 0.835. The summed E-state index contributed by atoms with van der Waals surface area (Å²) in [7, 11) is 2.08. The van der Waals surface area contributed by atoms with Gasteiger partial charge in [0.15, 0.2) is 0 Å². The van der Waals surface area contributed by atoms with Gasteiger partial charge in [-0.1, -0.05) is 60.7 Å². The molecule has 0 unspecified atom stereocenters. The van der Waals surface area contributed by atoms with Gasteiger partial charge >= 0.3 is 0 Å². The molecule has 2 aliphatic heterocycles. The van der Waals surface area contributed by atoms with Crippen molar-refractivity contribution in [1.82, 2.24) is 14.7 Å². The van der Waals surface area contributed by atoms with Gasteiger partial charge in [-0.25, -0.2) is 0 Å². The molecule has 0 aliphatic carbocycles. The maximum atomic E-state index is 12.9. The van der Waals surface area contributed by atoms with E-state index in [2.05, 4.69) is 82.4 Å². The van der Waals surface area contributed by atoms with E-state index in [0.717, 1.165) is 45.6 Å². The molecule has 0 bridgehead atoms. The molecule has 27 heavy (non-hydrogen) atoms. The number of likely N-dealkylation sites (N-methyl/N-ethyl adjacent to an activating group) is 1. The van der Waals surface area contributed by atoms with Gasteiger partial charge in [-0.15, -0.1) is 0 Å². The van der Waals surface area contributed by atoms with Crippen LogP contribution in [0.5, 0.6) is 0 Å². The summed E-state index contributed by atoms with van der Waals surface area (Å²) in [6.45, 7) is 4.51. The second-order valence-corrected chi connectivity index (χ2v) is 7.72. The fourth-order valence-corrected chi connectivity index (χ4v) is 4.52. The number of rotatable bonds is 4. The van der Waals surface area contributed by atoms with Gasteiger partial charge in [0.05, 0.1) is 12.1 Å². The normalized spacial score (nSPS) is 21.7. The molecule has 0 saturated carbocycles. The Balaban J connectivity index is 1.48. The van der Waals surface area contributed by atoms with Crippen LogP contribution in [0.4, 0.5) is 0 Å². The van der Waals surface area contributed by atoms with Gasteiger partial charge in [0.25, 0.3) is 0 Å². The minimum atomic E-state index is 0.0931. The standard InChI is InChI=1S/C23H29N3O/c1-24-14-8-13-21(24)23(27)26-17-15-25(16-18-26)22(19-9-4-2-5-10-19)20-11-6-3-7-12-20/h2-7,9-12,21-22H,8,13-18H2,1H3/t21-/m0/s1. The van der Waals surface area contributed by atoms with Crippen molar-refractivity contribution in [2.75, 3.05) is 39.8 Å². The van der Waals surface area contributed by atoms with Gasteiger partial charge in [-0.2, -0.15) is 0 Å². The highest BCUT2D eigenvalue weighted by Crippen LogP contribution is 2.29. The van der Waals surface area contributed by atoms with E-state index >= 15 is 0 Å². The zero-order valence-electron chi connectivity index (χ0n) is 16.1. The molecular weight excluding hydrogens is 334 g/mol. The Labute approximate surface area is 162 Å². The number of piperazine rings is 1. The zero-order valence-corrected chi connectivity index (χ0v) is 16.1. The molecule has 0 spiro atoms. The average molecular weight is 364 g/mol. The SMILES string of the molecule is CN1CCC[C@H]1C(=O)N1CCN(C(c2ccccc2)c2ccccc2)CC1. The number of likely N-dealkylation sites (tertiary alicyclic amines) is 1. The lowest BCUT2D eigenvalue weighted by Crippen LogP contribution is -2.53. The summed E-state index contributed by atoms with van der Waals surface area (Å²) in [5.74, 6) is 0.325. The number of carbonyl (C=O) groups excluding carboxylic acids is 1. The lowest BCUT2D eigenvalue weighted by atomic mass is 9.96. The van der Waals surface area contributed by atoms with Crippen LogP contribution < -0.4 is 0 Å². The first kappa shape index (κ1) is 18.2. The number of carbonyl (C=O) groups is 1. The van der Waals surface area contributed by atoms with Crippen molar-refractivity contribution in [3.05, 3.63) is 71.8 Å². The molecule has 0 aromatic heterocycles. The Bertz CT molecular complexity index is 701. The van der Waals surface area contributed by atoms with Gasteiger partial charge in [0.2, 0.25) is 5.91 Å². The summed E-state index contributed by atoms with van der Waals surface area (Å²) in [5, 5.41) is 0. The predicted octanol–water partition coefficient (Wildman–Crippen LogP) is 3.01. The summed E-state index contributed by atoms with van der Waals surface area (Å²) in [6.07, 6.45) is 2.14. The fraction of sp³-hybridized carbons (Fsp3) is 0.435.